The zero-order valence-electron chi connectivity index (χ0n) is 47.7. The first-order chi connectivity index (χ1) is 35.0. The lowest BCUT2D eigenvalue weighted by atomic mass is 10.0. The Balaban J connectivity index is 3.43. The standard InChI is InChI=1S/C65H123NO5/c1-3-5-7-9-11-13-15-17-19-21-26-29-33-37-41-45-49-53-57-63(68)62(61-67)66-64(69)58-54-50-46-42-38-34-30-27-24-22-23-25-28-32-36-40-44-48-52-56-60-71-65(70)59-55-51-47-43-39-35-31-20-18-16-14-12-10-8-6-4-2/h14,16,20,31,53,57,62-63,67-68H,3-13,15,17-19,21-30,32-52,54-56,58-61H2,1-2H3,(H,66,69)/b16-14-,31-20-,57-53+. The van der Waals surface area contributed by atoms with Crippen molar-refractivity contribution in [3.05, 3.63) is 36.5 Å². The fraction of sp³-hybridized carbons (Fsp3) is 0.877. The normalized spacial score (nSPS) is 12.8. The molecule has 0 aliphatic carbocycles. The van der Waals surface area contributed by atoms with Gasteiger partial charge in [-0.05, 0) is 64.2 Å². The smallest absolute Gasteiger partial charge is 0.305 e. The summed E-state index contributed by atoms with van der Waals surface area (Å²) < 4.78 is 5.48. The number of aliphatic hydroxyl groups is 2. The van der Waals surface area contributed by atoms with Crippen LogP contribution in [0.2, 0.25) is 0 Å². The topological polar surface area (TPSA) is 95.9 Å². The molecule has 3 N–H and O–H groups in total. The number of hydrogen-bond acceptors (Lipinski definition) is 5. The number of amides is 1. The Labute approximate surface area is 443 Å². The molecule has 0 heterocycles. The van der Waals surface area contributed by atoms with Gasteiger partial charge in [-0.2, -0.15) is 0 Å². The maximum atomic E-state index is 12.5. The van der Waals surface area contributed by atoms with Crippen molar-refractivity contribution < 1.29 is 24.5 Å². The number of ether oxygens (including phenoxy) is 1. The van der Waals surface area contributed by atoms with Crippen molar-refractivity contribution in [2.24, 2.45) is 0 Å². The van der Waals surface area contributed by atoms with Gasteiger partial charge in [0.15, 0.2) is 0 Å². The summed E-state index contributed by atoms with van der Waals surface area (Å²) in [7, 11) is 0. The molecule has 0 fully saturated rings. The van der Waals surface area contributed by atoms with Gasteiger partial charge in [0.25, 0.3) is 0 Å². The van der Waals surface area contributed by atoms with Crippen LogP contribution in [0.3, 0.4) is 0 Å². The summed E-state index contributed by atoms with van der Waals surface area (Å²) >= 11 is 0. The number of unbranched alkanes of at least 4 members (excludes halogenated alkanes) is 44. The van der Waals surface area contributed by atoms with E-state index in [-0.39, 0.29) is 18.5 Å². The highest BCUT2D eigenvalue weighted by molar-refractivity contribution is 5.76. The van der Waals surface area contributed by atoms with E-state index in [1.165, 1.54) is 263 Å². The van der Waals surface area contributed by atoms with E-state index in [2.05, 4.69) is 43.5 Å². The number of esters is 1. The summed E-state index contributed by atoms with van der Waals surface area (Å²) in [5.74, 6) is -0.0712. The van der Waals surface area contributed by atoms with Gasteiger partial charge in [-0.1, -0.05) is 301 Å². The van der Waals surface area contributed by atoms with Crippen LogP contribution >= 0.6 is 0 Å². The number of carbonyl (C=O) groups is 2. The number of nitrogens with one attached hydrogen (secondary N) is 1. The van der Waals surface area contributed by atoms with Crippen molar-refractivity contribution >= 4 is 11.9 Å². The van der Waals surface area contributed by atoms with Gasteiger partial charge in [-0.3, -0.25) is 9.59 Å². The lowest BCUT2D eigenvalue weighted by Crippen LogP contribution is -2.45. The molecule has 0 saturated heterocycles. The van der Waals surface area contributed by atoms with Crippen molar-refractivity contribution in [3.8, 4) is 0 Å². The summed E-state index contributed by atoms with van der Waals surface area (Å²) in [4.78, 5) is 24.6. The number of aliphatic hydroxyl groups excluding tert-OH is 2. The fourth-order valence-corrected chi connectivity index (χ4v) is 9.78. The highest BCUT2D eigenvalue weighted by Crippen LogP contribution is 2.18. The summed E-state index contributed by atoms with van der Waals surface area (Å²) in [6.45, 7) is 4.90. The zero-order valence-corrected chi connectivity index (χ0v) is 47.7. The average Bonchev–Trinajstić information content (AvgIpc) is 3.37. The van der Waals surface area contributed by atoms with Crippen LogP contribution in [0.25, 0.3) is 0 Å². The Morgan fingerprint density at radius 3 is 1.08 bits per heavy atom. The molecule has 71 heavy (non-hydrogen) atoms. The van der Waals surface area contributed by atoms with Crippen LogP contribution in [0, 0.1) is 0 Å². The van der Waals surface area contributed by atoms with E-state index in [1.54, 1.807) is 6.08 Å². The van der Waals surface area contributed by atoms with Crippen molar-refractivity contribution in [3.63, 3.8) is 0 Å². The van der Waals surface area contributed by atoms with Crippen LogP contribution < -0.4 is 5.32 Å². The summed E-state index contributed by atoms with van der Waals surface area (Å²) in [5.41, 5.74) is 0. The Bertz CT molecular complexity index is 1150. The SMILES string of the molecule is CCCCCC/C=C\C/C=C\CCCCCCCC(=O)OCCCCCCCCCCCCCCCCCCCCCCC(=O)NC(CO)C(O)/C=C/CCCCCCCCCCCCCCCCCC. The van der Waals surface area contributed by atoms with Gasteiger partial charge in [-0.15, -0.1) is 0 Å². The first-order valence-electron chi connectivity index (χ1n) is 31.8. The number of allylic oxidation sites excluding steroid dienone is 5. The van der Waals surface area contributed by atoms with E-state index < -0.39 is 12.1 Å². The molecule has 0 aliphatic rings. The van der Waals surface area contributed by atoms with E-state index >= 15 is 0 Å². The molecule has 6 heteroatoms. The molecule has 1 amide bonds. The minimum absolute atomic E-state index is 0.00331. The zero-order chi connectivity index (χ0) is 51.4. The molecule has 2 unspecified atom stereocenters. The Kier molecular flexibility index (Phi) is 59.0. The maximum Gasteiger partial charge on any atom is 0.305 e. The van der Waals surface area contributed by atoms with Crippen molar-refractivity contribution in [1.82, 2.24) is 5.32 Å². The quantitative estimate of drug-likeness (QED) is 0.0321. The molecule has 0 aliphatic heterocycles. The molecule has 2 atom stereocenters. The van der Waals surface area contributed by atoms with E-state index in [1.807, 2.05) is 6.08 Å². The van der Waals surface area contributed by atoms with Crippen molar-refractivity contribution in [2.75, 3.05) is 13.2 Å². The molecule has 0 spiro atoms. The van der Waals surface area contributed by atoms with Crippen LogP contribution in [-0.4, -0.2) is 47.4 Å². The lowest BCUT2D eigenvalue weighted by molar-refractivity contribution is -0.143. The third-order valence-electron chi connectivity index (χ3n) is 14.7. The van der Waals surface area contributed by atoms with Crippen LogP contribution in [0.4, 0.5) is 0 Å². The molecule has 0 aromatic rings. The van der Waals surface area contributed by atoms with Crippen molar-refractivity contribution in [1.29, 1.82) is 0 Å². The Morgan fingerprint density at radius 1 is 0.394 bits per heavy atom. The van der Waals surface area contributed by atoms with Crippen LogP contribution in [0.1, 0.15) is 341 Å². The van der Waals surface area contributed by atoms with E-state index in [0.717, 1.165) is 51.4 Å². The molecule has 0 radical (unpaired) electrons. The second kappa shape index (κ2) is 60.6. The monoisotopic (exact) mass is 998 g/mol. The third-order valence-corrected chi connectivity index (χ3v) is 14.7. The summed E-state index contributed by atoms with van der Waals surface area (Å²) in [6, 6.07) is -0.630. The molecular formula is C65H123NO5. The predicted octanol–water partition coefficient (Wildman–Crippen LogP) is 20.0. The average molecular weight is 999 g/mol. The summed E-state index contributed by atoms with van der Waals surface area (Å²) in [5, 5.41) is 23.2. The number of rotatable bonds is 59. The number of hydrogen-bond donors (Lipinski definition) is 3. The Morgan fingerprint density at radius 2 is 0.704 bits per heavy atom. The third kappa shape index (κ3) is 57.2. The maximum absolute atomic E-state index is 12.5. The summed E-state index contributed by atoms with van der Waals surface area (Å²) in [6.07, 6.45) is 76.1. The highest BCUT2D eigenvalue weighted by Gasteiger charge is 2.18. The molecule has 0 rings (SSSR count). The minimum atomic E-state index is -0.847. The van der Waals surface area contributed by atoms with E-state index in [4.69, 9.17) is 4.74 Å². The largest absolute Gasteiger partial charge is 0.466 e. The van der Waals surface area contributed by atoms with Crippen LogP contribution in [-0.2, 0) is 14.3 Å². The Hall–Kier alpha value is -1.92. The second-order valence-electron chi connectivity index (χ2n) is 21.7. The second-order valence-corrected chi connectivity index (χ2v) is 21.7. The fourth-order valence-electron chi connectivity index (χ4n) is 9.78. The van der Waals surface area contributed by atoms with E-state index in [9.17, 15) is 19.8 Å². The van der Waals surface area contributed by atoms with Gasteiger partial charge in [0, 0.05) is 12.8 Å². The van der Waals surface area contributed by atoms with Gasteiger partial charge in [0.05, 0.1) is 25.4 Å². The highest BCUT2D eigenvalue weighted by atomic mass is 16.5. The van der Waals surface area contributed by atoms with Crippen LogP contribution in [0.5, 0.6) is 0 Å². The molecule has 0 saturated carbocycles. The van der Waals surface area contributed by atoms with Gasteiger partial charge < -0.3 is 20.3 Å². The van der Waals surface area contributed by atoms with Gasteiger partial charge in [0.1, 0.15) is 0 Å². The number of carbonyl (C=O) groups excluding carboxylic acids is 2. The van der Waals surface area contributed by atoms with E-state index in [0.29, 0.717) is 19.4 Å². The van der Waals surface area contributed by atoms with Gasteiger partial charge >= 0.3 is 5.97 Å². The lowest BCUT2D eigenvalue weighted by Gasteiger charge is -2.20. The predicted molar refractivity (Wildman–Crippen MR) is 310 cm³/mol. The molecule has 0 aromatic carbocycles. The molecular weight excluding hydrogens is 875 g/mol. The minimum Gasteiger partial charge on any atom is -0.466 e. The first-order valence-corrected chi connectivity index (χ1v) is 31.8. The molecule has 0 aromatic heterocycles. The van der Waals surface area contributed by atoms with Gasteiger partial charge in [0.2, 0.25) is 5.91 Å². The van der Waals surface area contributed by atoms with Crippen molar-refractivity contribution in [2.45, 2.75) is 353 Å². The molecule has 6 nitrogen and oxygen atoms in total. The van der Waals surface area contributed by atoms with Crippen LogP contribution in [0.15, 0.2) is 36.5 Å². The molecule has 0 bridgehead atoms. The molecule has 418 valence electrons. The first kappa shape index (κ1) is 69.1. The van der Waals surface area contributed by atoms with Gasteiger partial charge in [-0.25, -0.2) is 0 Å².